The molecule has 0 aliphatic heterocycles. The molecule has 1 unspecified atom stereocenters. The Morgan fingerprint density at radius 1 is 1.28 bits per heavy atom. The van der Waals surface area contributed by atoms with Crippen molar-refractivity contribution >= 4 is 17.0 Å². The molecule has 0 bridgehead atoms. The summed E-state index contributed by atoms with van der Waals surface area (Å²) in [5, 5.41) is 3.50. The Balaban J connectivity index is 1.93. The molecule has 0 aliphatic carbocycles. The predicted molar refractivity (Wildman–Crippen MR) is 79.2 cm³/mol. The van der Waals surface area contributed by atoms with Crippen molar-refractivity contribution in [2.75, 3.05) is 5.32 Å². The third kappa shape index (κ3) is 3.57. The van der Waals surface area contributed by atoms with E-state index in [1.807, 2.05) is 11.7 Å². The molecule has 0 fully saturated rings. The first kappa shape index (κ1) is 13.1. The first-order valence-electron chi connectivity index (χ1n) is 6.53. The molecule has 2 nitrogen and oxygen atoms in total. The molecule has 0 amide bonds. The maximum atomic E-state index is 4.11. The van der Waals surface area contributed by atoms with Crippen molar-refractivity contribution in [3.05, 3.63) is 46.4 Å². The van der Waals surface area contributed by atoms with E-state index in [0.717, 1.165) is 0 Å². The third-order valence-electron chi connectivity index (χ3n) is 3.03. The normalized spacial score (nSPS) is 12.3. The number of hydrogen-bond donors (Lipinski definition) is 1. The van der Waals surface area contributed by atoms with Crippen LogP contribution in [0.5, 0.6) is 0 Å². The Morgan fingerprint density at radius 3 is 2.67 bits per heavy atom. The SMILES string of the molecule is CCCCc1ccc(NC(C)c2cncs2)cc1. The first-order chi connectivity index (χ1) is 8.79. The minimum absolute atomic E-state index is 0.319. The van der Waals surface area contributed by atoms with E-state index in [2.05, 4.69) is 48.4 Å². The average molecular weight is 260 g/mol. The van der Waals surface area contributed by atoms with Crippen LogP contribution >= 0.6 is 11.3 Å². The molecule has 0 radical (unpaired) electrons. The average Bonchev–Trinajstić information content (AvgIpc) is 2.92. The molecule has 1 aromatic heterocycles. The topological polar surface area (TPSA) is 24.9 Å². The lowest BCUT2D eigenvalue weighted by Crippen LogP contribution is -2.04. The van der Waals surface area contributed by atoms with Crippen molar-refractivity contribution in [3.8, 4) is 0 Å². The number of thiazole rings is 1. The molecule has 0 saturated heterocycles. The molecule has 2 aromatic rings. The second-order valence-corrected chi connectivity index (χ2v) is 5.49. The molecule has 2 rings (SSSR count). The smallest absolute Gasteiger partial charge is 0.0795 e. The fourth-order valence-electron chi connectivity index (χ4n) is 1.91. The van der Waals surface area contributed by atoms with Gasteiger partial charge in [-0.25, -0.2) is 0 Å². The largest absolute Gasteiger partial charge is 0.378 e. The molecule has 1 N–H and O–H groups in total. The van der Waals surface area contributed by atoms with Crippen LogP contribution in [0.2, 0.25) is 0 Å². The van der Waals surface area contributed by atoms with Gasteiger partial charge in [0.25, 0.3) is 0 Å². The lowest BCUT2D eigenvalue weighted by atomic mass is 10.1. The molecule has 0 aliphatic rings. The van der Waals surface area contributed by atoms with Gasteiger partial charge in [-0.2, -0.15) is 0 Å². The fourth-order valence-corrected chi connectivity index (χ4v) is 2.54. The zero-order valence-corrected chi connectivity index (χ0v) is 11.8. The monoisotopic (exact) mass is 260 g/mol. The Hall–Kier alpha value is -1.35. The number of nitrogens with one attached hydrogen (secondary N) is 1. The van der Waals surface area contributed by atoms with Crippen LogP contribution in [0.3, 0.4) is 0 Å². The lowest BCUT2D eigenvalue weighted by Gasteiger charge is -2.13. The third-order valence-corrected chi connectivity index (χ3v) is 3.99. The van der Waals surface area contributed by atoms with Crippen molar-refractivity contribution in [2.45, 2.75) is 39.2 Å². The Bertz CT molecular complexity index is 448. The second-order valence-electron chi connectivity index (χ2n) is 4.57. The highest BCUT2D eigenvalue weighted by Crippen LogP contribution is 2.22. The highest BCUT2D eigenvalue weighted by atomic mass is 32.1. The molecule has 3 heteroatoms. The molecule has 1 atom stereocenters. The van der Waals surface area contributed by atoms with Gasteiger partial charge in [-0.1, -0.05) is 25.5 Å². The molecule has 0 spiro atoms. The number of hydrogen-bond acceptors (Lipinski definition) is 3. The van der Waals surface area contributed by atoms with E-state index in [-0.39, 0.29) is 0 Å². The minimum Gasteiger partial charge on any atom is -0.378 e. The van der Waals surface area contributed by atoms with Gasteiger partial charge >= 0.3 is 0 Å². The summed E-state index contributed by atoms with van der Waals surface area (Å²) >= 11 is 1.69. The highest BCUT2D eigenvalue weighted by molar-refractivity contribution is 7.09. The van der Waals surface area contributed by atoms with E-state index < -0.39 is 0 Å². The van der Waals surface area contributed by atoms with Crippen LogP contribution in [0.1, 0.15) is 43.2 Å². The van der Waals surface area contributed by atoms with Gasteiger partial charge in [0.2, 0.25) is 0 Å². The number of rotatable bonds is 6. The maximum absolute atomic E-state index is 4.11. The van der Waals surface area contributed by atoms with Gasteiger partial charge in [-0.05, 0) is 37.5 Å². The lowest BCUT2D eigenvalue weighted by molar-refractivity contribution is 0.795. The summed E-state index contributed by atoms with van der Waals surface area (Å²) in [5.74, 6) is 0. The van der Waals surface area contributed by atoms with Crippen LogP contribution in [-0.4, -0.2) is 4.98 Å². The van der Waals surface area contributed by atoms with Crippen LogP contribution < -0.4 is 5.32 Å². The molecule has 1 aromatic carbocycles. The zero-order valence-electron chi connectivity index (χ0n) is 11.0. The minimum atomic E-state index is 0.319. The molecule has 96 valence electrons. The van der Waals surface area contributed by atoms with Gasteiger partial charge in [-0.15, -0.1) is 11.3 Å². The van der Waals surface area contributed by atoms with Crippen molar-refractivity contribution in [3.63, 3.8) is 0 Å². The summed E-state index contributed by atoms with van der Waals surface area (Å²) in [6.45, 7) is 4.39. The number of unbranched alkanes of at least 4 members (excludes halogenated alkanes) is 1. The standard InChI is InChI=1S/C15H20N2S/c1-3-4-5-13-6-8-14(9-7-13)17-12(2)15-10-16-11-18-15/h6-12,17H,3-5H2,1-2H3. The van der Waals surface area contributed by atoms with Crippen LogP contribution in [-0.2, 0) is 6.42 Å². The highest BCUT2D eigenvalue weighted by Gasteiger charge is 2.06. The van der Waals surface area contributed by atoms with Crippen molar-refractivity contribution < 1.29 is 0 Å². The molecule has 1 heterocycles. The van der Waals surface area contributed by atoms with Crippen molar-refractivity contribution in [2.24, 2.45) is 0 Å². The fraction of sp³-hybridized carbons (Fsp3) is 0.400. The molecular weight excluding hydrogens is 240 g/mol. The number of aryl methyl sites for hydroxylation is 1. The molecular formula is C15H20N2S. The van der Waals surface area contributed by atoms with Gasteiger partial charge in [0.05, 0.1) is 11.6 Å². The Morgan fingerprint density at radius 2 is 2.06 bits per heavy atom. The number of benzene rings is 1. The van der Waals surface area contributed by atoms with Gasteiger partial charge in [0.15, 0.2) is 0 Å². The summed E-state index contributed by atoms with van der Waals surface area (Å²) in [4.78, 5) is 5.38. The quantitative estimate of drug-likeness (QED) is 0.817. The van der Waals surface area contributed by atoms with Gasteiger partial charge in [-0.3, -0.25) is 4.98 Å². The van der Waals surface area contributed by atoms with E-state index in [4.69, 9.17) is 0 Å². The summed E-state index contributed by atoms with van der Waals surface area (Å²) < 4.78 is 0. The van der Waals surface area contributed by atoms with Crippen LogP contribution in [0.4, 0.5) is 5.69 Å². The Labute approximate surface area is 113 Å². The van der Waals surface area contributed by atoms with Crippen molar-refractivity contribution in [1.29, 1.82) is 0 Å². The van der Waals surface area contributed by atoms with E-state index in [1.54, 1.807) is 11.3 Å². The van der Waals surface area contributed by atoms with Crippen LogP contribution in [0.25, 0.3) is 0 Å². The summed E-state index contributed by atoms with van der Waals surface area (Å²) in [5.41, 5.74) is 4.48. The first-order valence-corrected chi connectivity index (χ1v) is 7.41. The Kier molecular flexibility index (Phi) is 4.76. The second kappa shape index (κ2) is 6.55. The van der Waals surface area contributed by atoms with E-state index in [9.17, 15) is 0 Å². The summed E-state index contributed by atoms with van der Waals surface area (Å²) in [6, 6.07) is 9.10. The van der Waals surface area contributed by atoms with E-state index in [0.29, 0.717) is 6.04 Å². The maximum Gasteiger partial charge on any atom is 0.0795 e. The van der Waals surface area contributed by atoms with E-state index in [1.165, 1.54) is 35.4 Å². The number of anilines is 1. The molecule has 0 saturated carbocycles. The summed E-state index contributed by atoms with van der Waals surface area (Å²) in [7, 11) is 0. The van der Waals surface area contributed by atoms with Gasteiger partial charge in [0.1, 0.15) is 0 Å². The van der Waals surface area contributed by atoms with Gasteiger partial charge in [0, 0.05) is 16.8 Å². The van der Waals surface area contributed by atoms with Crippen molar-refractivity contribution in [1.82, 2.24) is 4.98 Å². The van der Waals surface area contributed by atoms with Crippen LogP contribution in [0.15, 0.2) is 36.0 Å². The van der Waals surface area contributed by atoms with Crippen LogP contribution in [0, 0.1) is 0 Å². The zero-order chi connectivity index (χ0) is 12.8. The molecule has 18 heavy (non-hydrogen) atoms. The predicted octanol–water partition coefficient (Wildman–Crippen LogP) is 4.66. The van der Waals surface area contributed by atoms with Gasteiger partial charge < -0.3 is 5.32 Å². The number of aromatic nitrogens is 1. The van der Waals surface area contributed by atoms with E-state index >= 15 is 0 Å². The summed E-state index contributed by atoms with van der Waals surface area (Å²) in [6.07, 6.45) is 5.63. The number of nitrogens with zero attached hydrogens (tertiary/aromatic N) is 1.